The van der Waals surface area contributed by atoms with Gasteiger partial charge in [-0.1, -0.05) is 43.3 Å². The van der Waals surface area contributed by atoms with Crippen LogP contribution in [0.2, 0.25) is 0 Å². The summed E-state index contributed by atoms with van der Waals surface area (Å²) in [6.45, 7) is 3.51. The molecule has 0 aliphatic rings. The molecular weight excluding hydrogens is 310 g/mol. The van der Waals surface area contributed by atoms with Crippen molar-refractivity contribution < 1.29 is 0 Å². The highest BCUT2D eigenvalue weighted by Gasteiger charge is 1.99. The Kier molecular flexibility index (Phi) is 5.46. The van der Waals surface area contributed by atoms with Crippen LogP contribution in [-0.4, -0.2) is 15.5 Å². The molecule has 2 aromatic carbocycles. The van der Waals surface area contributed by atoms with Crippen molar-refractivity contribution in [3.05, 3.63) is 83.9 Å². The molecule has 1 heterocycles. The molecule has 0 spiro atoms. The van der Waals surface area contributed by atoms with Crippen molar-refractivity contribution >= 4 is 11.6 Å². The minimum atomic E-state index is 0.427. The predicted molar refractivity (Wildman–Crippen MR) is 103 cm³/mol. The van der Waals surface area contributed by atoms with Gasteiger partial charge in [0.15, 0.2) is 5.96 Å². The molecule has 0 aliphatic heterocycles. The molecule has 128 valence electrons. The summed E-state index contributed by atoms with van der Waals surface area (Å²) in [6, 6.07) is 16.6. The molecule has 3 rings (SSSR count). The van der Waals surface area contributed by atoms with E-state index in [0.29, 0.717) is 12.5 Å². The second-order valence-corrected chi connectivity index (χ2v) is 5.93. The summed E-state index contributed by atoms with van der Waals surface area (Å²) < 4.78 is 2.04. The van der Waals surface area contributed by atoms with Gasteiger partial charge < -0.3 is 15.6 Å². The van der Waals surface area contributed by atoms with Crippen LogP contribution in [0.1, 0.15) is 23.6 Å². The van der Waals surface area contributed by atoms with E-state index in [4.69, 9.17) is 5.73 Å². The maximum Gasteiger partial charge on any atom is 0.193 e. The normalized spacial score (nSPS) is 11.5. The molecule has 0 saturated carbocycles. The highest BCUT2D eigenvalue weighted by molar-refractivity contribution is 5.92. The Morgan fingerprint density at radius 1 is 1.12 bits per heavy atom. The van der Waals surface area contributed by atoms with Crippen molar-refractivity contribution in [2.24, 2.45) is 10.7 Å². The zero-order chi connectivity index (χ0) is 17.5. The average molecular weight is 333 g/mol. The van der Waals surface area contributed by atoms with Gasteiger partial charge in [0, 0.05) is 24.6 Å². The summed E-state index contributed by atoms with van der Waals surface area (Å²) >= 11 is 0. The van der Waals surface area contributed by atoms with Crippen molar-refractivity contribution in [2.45, 2.75) is 26.4 Å². The fourth-order valence-corrected chi connectivity index (χ4v) is 2.57. The molecule has 25 heavy (non-hydrogen) atoms. The summed E-state index contributed by atoms with van der Waals surface area (Å²) in [6.07, 6.45) is 6.56. The Morgan fingerprint density at radius 2 is 1.92 bits per heavy atom. The van der Waals surface area contributed by atoms with Gasteiger partial charge in [-0.15, -0.1) is 0 Å². The number of anilines is 1. The Bertz CT molecular complexity index is 820. The first-order valence-corrected chi connectivity index (χ1v) is 8.42. The molecule has 1 aromatic heterocycles. The van der Waals surface area contributed by atoms with E-state index in [0.717, 1.165) is 24.2 Å². The lowest BCUT2D eigenvalue weighted by atomic mass is 10.1. The maximum atomic E-state index is 5.99. The largest absolute Gasteiger partial charge is 0.370 e. The molecule has 0 bridgehead atoms. The van der Waals surface area contributed by atoms with E-state index in [1.54, 1.807) is 6.20 Å². The zero-order valence-corrected chi connectivity index (χ0v) is 14.4. The number of benzene rings is 2. The number of aromatic nitrogens is 2. The van der Waals surface area contributed by atoms with Crippen LogP contribution < -0.4 is 11.1 Å². The van der Waals surface area contributed by atoms with Gasteiger partial charge >= 0.3 is 0 Å². The number of rotatable bonds is 6. The van der Waals surface area contributed by atoms with Gasteiger partial charge in [0.25, 0.3) is 0 Å². The van der Waals surface area contributed by atoms with E-state index in [1.165, 1.54) is 11.1 Å². The summed E-state index contributed by atoms with van der Waals surface area (Å²) in [7, 11) is 0. The van der Waals surface area contributed by atoms with Crippen LogP contribution in [0.15, 0.2) is 72.2 Å². The van der Waals surface area contributed by atoms with Crippen molar-refractivity contribution in [1.82, 2.24) is 9.55 Å². The molecule has 3 aromatic rings. The number of aliphatic imine (C=N–C) groups is 1. The van der Waals surface area contributed by atoms with E-state index < -0.39 is 0 Å². The lowest BCUT2D eigenvalue weighted by molar-refractivity contribution is 0.796. The minimum Gasteiger partial charge on any atom is -0.370 e. The van der Waals surface area contributed by atoms with Crippen LogP contribution in [0.3, 0.4) is 0 Å². The summed E-state index contributed by atoms with van der Waals surface area (Å²) in [5.41, 5.74) is 10.6. The summed E-state index contributed by atoms with van der Waals surface area (Å²) in [4.78, 5) is 8.47. The second-order valence-electron chi connectivity index (χ2n) is 5.93. The number of imidazole rings is 1. The van der Waals surface area contributed by atoms with Crippen LogP contribution in [0.5, 0.6) is 0 Å². The molecular formula is C20H23N5. The third-order valence-corrected chi connectivity index (χ3v) is 3.99. The molecule has 3 N–H and O–H groups in total. The lowest BCUT2D eigenvalue weighted by Crippen LogP contribution is -2.22. The molecule has 0 fully saturated rings. The van der Waals surface area contributed by atoms with Crippen LogP contribution in [0.4, 0.5) is 5.69 Å². The molecule has 5 heteroatoms. The number of guanidine groups is 1. The number of nitrogens with zero attached hydrogens (tertiary/aromatic N) is 3. The Labute approximate surface area is 148 Å². The standard InChI is InChI=1S/C20H23N5/c1-2-16-4-3-5-19(12-16)24-20(21)23-13-17-6-8-18(9-7-17)14-25-11-10-22-15-25/h3-12,15H,2,13-14H2,1H3,(H3,21,23,24). The van der Waals surface area contributed by atoms with Gasteiger partial charge in [-0.3, -0.25) is 0 Å². The van der Waals surface area contributed by atoms with Crippen molar-refractivity contribution in [3.63, 3.8) is 0 Å². The van der Waals surface area contributed by atoms with Crippen molar-refractivity contribution in [3.8, 4) is 0 Å². The fourth-order valence-electron chi connectivity index (χ4n) is 2.57. The molecule has 0 amide bonds. The van der Waals surface area contributed by atoms with E-state index in [2.05, 4.69) is 58.6 Å². The number of aryl methyl sites for hydroxylation is 1. The van der Waals surface area contributed by atoms with Gasteiger partial charge in [-0.25, -0.2) is 9.98 Å². The van der Waals surface area contributed by atoms with Gasteiger partial charge in [0.1, 0.15) is 0 Å². The van der Waals surface area contributed by atoms with E-state index in [-0.39, 0.29) is 0 Å². The number of nitrogens with one attached hydrogen (secondary N) is 1. The van der Waals surface area contributed by atoms with Crippen molar-refractivity contribution in [1.29, 1.82) is 0 Å². The zero-order valence-electron chi connectivity index (χ0n) is 14.4. The monoisotopic (exact) mass is 333 g/mol. The Balaban J connectivity index is 1.57. The molecule has 0 atom stereocenters. The first kappa shape index (κ1) is 16.8. The van der Waals surface area contributed by atoms with Gasteiger partial charge in [0.05, 0.1) is 12.9 Å². The smallest absolute Gasteiger partial charge is 0.193 e. The van der Waals surface area contributed by atoms with E-state index >= 15 is 0 Å². The van der Waals surface area contributed by atoms with Crippen molar-refractivity contribution in [2.75, 3.05) is 5.32 Å². The van der Waals surface area contributed by atoms with Gasteiger partial charge in [-0.2, -0.15) is 0 Å². The molecule has 0 aliphatic carbocycles. The van der Waals surface area contributed by atoms with E-state index in [1.807, 2.05) is 29.2 Å². The number of hydrogen-bond donors (Lipinski definition) is 2. The summed E-state index contributed by atoms with van der Waals surface area (Å²) in [5.74, 6) is 0.427. The topological polar surface area (TPSA) is 68.2 Å². The third-order valence-electron chi connectivity index (χ3n) is 3.99. The van der Waals surface area contributed by atoms with Crippen LogP contribution in [0.25, 0.3) is 0 Å². The first-order chi connectivity index (χ1) is 12.2. The number of nitrogens with two attached hydrogens (primary N) is 1. The highest BCUT2D eigenvalue weighted by Crippen LogP contribution is 2.11. The third kappa shape index (κ3) is 4.94. The van der Waals surface area contributed by atoms with Gasteiger partial charge in [0.2, 0.25) is 0 Å². The average Bonchev–Trinajstić information content (AvgIpc) is 3.14. The fraction of sp³-hybridized carbons (Fsp3) is 0.200. The number of hydrogen-bond acceptors (Lipinski definition) is 2. The van der Waals surface area contributed by atoms with Crippen LogP contribution in [0, 0.1) is 0 Å². The van der Waals surface area contributed by atoms with Crippen LogP contribution >= 0.6 is 0 Å². The molecule has 0 saturated heterocycles. The first-order valence-electron chi connectivity index (χ1n) is 8.42. The SMILES string of the molecule is CCc1cccc(NC(N)=NCc2ccc(Cn3ccnc3)cc2)c1. The molecule has 0 unspecified atom stereocenters. The van der Waals surface area contributed by atoms with E-state index in [9.17, 15) is 0 Å². The minimum absolute atomic E-state index is 0.427. The molecule has 5 nitrogen and oxygen atoms in total. The Hall–Kier alpha value is -3.08. The second kappa shape index (κ2) is 8.15. The highest BCUT2D eigenvalue weighted by atomic mass is 15.1. The lowest BCUT2D eigenvalue weighted by Gasteiger charge is -2.07. The Morgan fingerprint density at radius 3 is 2.64 bits per heavy atom. The quantitative estimate of drug-likeness (QED) is 0.536. The van der Waals surface area contributed by atoms with Gasteiger partial charge in [-0.05, 0) is 35.2 Å². The molecule has 0 radical (unpaired) electrons. The van der Waals surface area contributed by atoms with Crippen LogP contribution in [-0.2, 0) is 19.5 Å². The predicted octanol–water partition coefficient (Wildman–Crippen LogP) is 3.42. The summed E-state index contributed by atoms with van der Waals surface area (Å²) in [5, 5.41) is 3.15. The maximum absolute atomic E-state index is 5.99.